The van der Waals surface area contributed by atoms with E-state index >= 15 is 0 Å². The zero-order valence-electron chi connectivity index (χ0n) is 19.1. The second kappa shape index (κ2) is 7.43. The normalized spacial score (nSPS) is 22.4. The summed E-state index contributed by atoms with van der Waals surface area (Å²) in [5.41, 5.74) is 9.43. The van der Waals surface area contributed by atoms with Gasteiger partial charge >= 0.3 is 0 Å². The molecule has 34 heavy (non-hydrogen) atoms. The molecule has 1 spiro atoms. The molecule has 6 rings (SSSR count). The van der Waals surface area contributed by atoms with Crippen molar-refractivity contribution in [3.63, 3.8) is 0 Å². The molecule has 3 aromatic rings. The lowest BCUT2D eigenvalue weighted by atomic mass is 9.73. The summed E-state index contributed by atoms with van der Waals surface area (Å²) in [5, 5.41) is 3.28. The number of pyridine rings is 2. The summed E-state index contributed by atoms with van der Waals surface area (Å²) in [5.74, 6) is 1.32. The van der Waals surface area contributed by atoms with E-state index in [2.05, 4.69) is 35.1 Å². The molecule has 0 amide bonds. The SMILES string of the molecule is CC1(C)CN(c2cnc3c(c2)[C@]2(C=C(N)NC2)c2cc(-c4cccnc4F)ccc2O3)CCO1. The van der Waals surface area contributed by atoms with Crippen molar-refractivity contribution in [3.8, 4) is 22.8 Å². The number of aromatic nitrogens is 2. The molecule has 5 heterocycles. The van der Waals surface area contributed by atoms with Gasteiger partial charge in [-0.15, -0.1) is 0 Å². The molecular formula is C26H26FN5O2. The average molecular weight is 460 g/mol. The van der Waals surface area contributed by atoms with Gasteiger partial charge in [-0.1, -0.05) is 6.07 Å². The van der Waals surface area contributed by atoms with Gasteiger partial charge in [0.25, 0.3) is 0 Å². The number of hydrogen-bond donors (Lipinski definition) is 2. The van der Waals surface area contributed by atoms with E-state index in [1.54, 1.807) is 12.1 Å². The highest BCUT2D eigenvalue weighted by molar-refractivity contribution is 5.71. The lowest BCUT2D eigenvalue weighted by Gasteiger charge is -2.40. The van der Waals surface area contributed by atoms with Crippen molar-refractivity contribution in [2.75, 3.05) is 31.1 Å². The molecule has 8 heteroatoms. The van der Waals surface area contributed by atoms with Crippen LogP contribution in [0.15, 0.2) is 60.7 Å². The number of fused-ring (bicyclic) bond motifs is 4. The fourth-order valence-corrected chi connectivity index (χ4v) is 5.19. The van der Waals surface area contributed by atoms with Gasteiger partial charge in [0.15, 0.2) is 0 Å². The third-order valence-corrected chi connectivity index (χ3v) is 6.82. The second-order valence-electron chi connectivity index (χ2n) is 9.66. The minimum Gasteiger partial charge on any atom is -0.438 e. The van der Waals surface area contributed by atoms with Gasteiger partial charge in [-0.05, 0) is 55.8 Å². The molecule has 1 atom stereocenters. The van der Waals surface area contributed by atoms with Crippen LogP contribution < -0.4 is 20.7 Å². The number of rotatable bonds is 2. The van der Waals surface area contributed by atoms with Crippen LogP contribution in [-0.2, 0) is 10.2 Å². The molecule has 0 aliphatic carbocycles. The summed E-state index contributed by atoms with van der Waals surface area (Å²) in [4.78, 5) is 10.8. The van der Waals surface area contributed by atoms with Gasteiger partial charge in [0, 0.05) is 42.5 Å². The number of halogens is 1. The Morgan fingerprint density at radius 1 is 1.15 bits per heavy atom. The summed E-state index contributed by atoms with van der Waals surface area (Å²) in [6, 6.07) is 11.3. The quantitative estimate of drug-likeness (QED) is 0.566. The molecule has 0 saturated carbocycles. The van der Waals surface area contributed by atoms with Crippen LogP contribution >= 0.6 is 0 Å². The maximum Gasteiger partial charge on any atom is 0.223 e. The maximum atomic E-state index is 14.5. The van der Waals surface area contributed by atoms with Gasteiger partial charge in [0.1, 0.15) is 5.75 Å². The van der Waals surface area contributed by atoms with Crippen molar-refractivity contribution in [2.24, 2.45) is 5.73 Å². The topological polar surface area (TPSA) is 85.5 Å². The summed E-state index contributed by atoms with van der Waals surface area (Å²) in [6.07, 6.45) is 5.32. The fourth-order valence-electron chi connectivity index (χ4n) is 5.19. The number of benzene rings is 1. The Morgan fingerprint density at radius 2 is 2.03 bits per heavy atom. The molecule has 1 aromatic carbocycles. The van der Waals surface area contributed by atoms with E-state index < -0.39 is 11.4 Å². The zero-order valence-corrected chi connectivity index (χ0v) is 19.1. The number of anilines is 1. The summed E-state index contributed by atoms with van der Waals surface area (Å²) >= 11 is 0. The molecular weight excluding hydrogens is 433 g/mol. The highest BCUT2D eigenvalue weighted by Crippen LogP contribution is 2.51. The number of nitrogens with one attached hydrogen (secondary N) is 1. The van der Waals surface area contributed by atoms with Crippen LogP contribution in [0.25, 0.3) is 11.1 Å². The van der Waals surface area contributed by atoms with E-state index in [4.69, 9.17) is 20.2 Å². The molecule has 0 bridgehead atoms. The number of nitrogens with two attached hydrogens (primary N) is 1. The van der Waals surface area contributed by atoms with Crippen molar-refractivity contribution in [2.45, 2.75) is 24.9 Å². The average Bonchev–Trinajstić information content (AvgIpc) is 3.21. The zero-order chi connectivity index (χ0) is 23.5. The molecule has 3 aliphatic rings. The fraction of sp³-hybridized carbons (Fsp3) is 0.308. The first-order valence-electron chi connectivity index (χ1n) is 11.4. The Hall–Kier alpha value is -3.65. The van der Waals surface area contributed by atoms with Crippen LogP contribution in [0.1, 0.15) is 25.0 Å². The van der Waals surface area contributed by atoms with Gasteiger partial charge < -0.3 is 25.4 Å². The Kier molecular flexibility index (Phi) is 4.57. The van der Waals surface area contributed by atoms with Crippen molar-refractivity contribution < 1.29 is 13.9 Å². The minimum absolute atomic E-state index is 0.239. The number of morpholine rings is 1. The standard InChI is InChI=1S/C26H26FN5O2/c1-25(2)15-32(8-9-33-25)17-11-20-24(30-13-17)34-21-6-5-16(18-4-3-7-29-23(18)27)10-19(21)26(20)12-22(28)31-14-26/h3-7,10-13,31H,8-9,14-15,28H2,1-2H3/t26-/m0/s1. The summed E-state index contributed by atoms with van der Waals surface area (Å²) in [6.45, 7) is 6.95. The van der Waals surface area contributed by atoms with Gasteiger partial charge in [0.2, 0.25) is 11.8 Å². The van der Waals surface area contributed by atoms with Crippen molar-refractivity contribution in [1.82, 2.24) is 15.3 Å². The summed E-state index contributed by atoms with van der Waals surface area (Å²) < 4.78 is 26.6. The molecule has 1 saturated heterocycles. The molecule has 0 unspecified atom stereocenters. The predicted molar refractivity (Wildman–Crippen MR) is 127 cm³/mol. The monoisotopic (exact) mass is 459 g/mol. The van der Waals surface area contributed by atoms with E-state index in [9.17, 15) is 4.39 Å². The first kappa shape index (κ1) is 20.9. The Labute approximate surface area is 197 Å². The molecule has 2 aromatic heterocycles. The summed E-state index contributed by atoms with van der Waals surface area (Å²) in [7, 11) is 0. The van der Waals surface area contributed by atoms with E-state index in [-0.39, 0.29) is 5.60 Å². The molecule has 1 fully saturated rings. The predicted octanol–water partition coefficient (Wildman–Crippen LogP) is 3.69. The Balaban J connectivity index is 1.49. The maximum absolute atomic E-state index is 14.5. The van der Waals surface area contributed by atoms with Crippen LogP contribution in [0.2, 0.25) is 0 Å². The lowest BCUT2D eigenvalue weighted by molar-refractivity contribution is -0.0277. The van der Waals surface area contributed by atoms with E-state index in [1.165, 1.54) is 6.20 Å². The third kappa shape index (κ3) is 3.28. The number of nitrogens with zero attached hydrogens (tertiary/aromatic N) is 3. The number of hydrogen-bond acceptors (Lipinski definition) is 7. The second-order valence-corrected chi connectivity index (χ2v) is 9.66. The molecule has 3 N–H and O–H groups in total. The molecule has 3 aliphatic heterocycles. The largest absolute Gasteiger partial charge is 0.438 e. The first-order valence-corrected chi connectivity index (χ1v) is 11.4. The third-order valence-electron chi connectivity index (χ3n) is 6.82. The van der Waals surface area contributed by atoms with E-state index in [0.717, 1.165) is 35.5 Å². The highest BCUT2D eigenvalue weighted by Gasteiger charge is 2.45. The molecule has 0 radical (unpaired) electrons. The van der Waals surface area contributed by atoms with Crippen LogP contribution in [-0.4, -0.2) is 41.8 Å². The molecule has 174 valence electrons. The first-order chi connectivity index (χ1) is 16.3. The van der Waals surface area contributed by atoms with Gasteiger partial charge in [-0.25, -0.2) is 9.97 Å². The lowest BCUT2D eigenvalue weighted by Crippen LogP contribution is -2.48. The van der Waals surface area contributed by atoms with Crippen molar-refractivity contribution >= 4 is 5.69 Å². The highest BCUT2D eigenvalue weighted by atomic mass is 19.1. The van der Waals surface area contributed by atoms with Crippen LogP contribution in [0, 0.1) is 5.95 Å². The van der Waals surface area contributed by atoms with Crippen LogP contribution in [0.5, 0.6) is 11.6 Å². The Bertz CT molecular complexity index is 1320. The van der Waals surface area contributed by atoms with Crippen molar-refractivity contribution in [3.05, 3.63) is 77.8 Å². The molecule has 7 nitrogen and oxygen atoms in total. The van der Waals surface area contributed by atoms with Gasteiger partial charge in [-0.2, -0.15) is 4.39 Å². The van der Waals surface area contributed by atoms with Crippen LogP contribution in [0.3, 0.4) is 0 Å². The van der Waals surface area contributed by atoms with Crippen LogP contribution in [0.4, 0.5) is 10.1 Å². The van der Waals surface area contributed by atoms with Gasteiger partial charge in [-0.3, -0.25) is 0 Å². The van der Waals surface area contributed by atoms with Crippen molar-refractivity contribution in [1.29, 1.82) is 0 Å². The smallest absolute Gasteiger partial charge is 0.223 e. The number of ether oxygens (including phenoxy) is 2. The Morgan fingerprint density at radius 3 is 2.79 bits per heavy atom. The minimum atomic E-state index is -0.591. The van der Waals surface area contributed by atoms with Gasteiger partial charge in [0.05, 0.1) is 35.3 Å². The van der Waals surface area contributed by atoms with E-state index in [0.29, 0.717) is 36.2 Å². The van der Waals surface area contributed by atoms with E-state index in [1.807, 2.05) is 30.5 Å².